The monoisotopic (exact) mass is 194 g/mol. The molecule has 14 heavy (non-hydrogen) atoms. The Kier molecular flexibility index (Phi) is 2.79. The van der Waals surface area contributed by atoms with E-state index in [1.807, 2.05) is 6.07 Å². The summed E-state index contributed by atoms with van der Waals surface area (Å²) in [6.45, 7) is 3.09. The van der Waals surface area contributed by atoms with Crippen molar-refractivity contribution in [2.45, 2.75) is 12.5 Å². The number of nitrogens with zero attached hydrogens (tertiary/aromatic N) is 1. The summed E-state index contributed by atoms with van der Waals surface area (Å²) >= 11 is 0. The van der Waals surface area contributed by atoms with Crippen LogP contribution in [0, 0.1) is 5.82 Å². The van der Waals surface area contributed by atoms with Gasteiger partial charge >= 0.3 is 0 Å². The Morgan fingerprint density at radius 1 is 1.43 bits per heavy atom. The molecule has 1 aliphatic heterocycles. The van der Waals surface area contributed by atoms with Gasteiger partial charge in [-0.3, -0.25) is 0 Å². The van der Waals surface area contributed by atoms with Crippen LogP contribution in [0.1, 0.15) is 18.0 Å². The molecule has 0 saturated carbocycles. The van der Waals surface area contributed by atoms with E-state index in [-0.39, 0.29) is 11.9 Å². The summed E-state index contributed by atoms with van der Waals surface area (Å²) < 4.78 is 12.9. The minimum absolute atomic E-state index is 0.0639. The van der Waals surface area contributed by atoms with Crippen LogP contribution in [0.3, 0.4) is 0 Å². The van der Waals surface area contributed by atoms with Gasteiger partial charge < -0.3 is 10.6 Å². The molecule has 0 amide bonds. The Hall–Kier alpha value is -0.930. The van der Waals surface area contributed by atoms with Crippen LogP contribution in [-0.2, 0) is 0 Å². The van der Waals surface area contributed by atoms with Gasteiger partial charge in [-0.05, 0) is 37.2 Å². The van der Waals surface area contributed by atoms with Crippen LogP contribution in [0.15, 0.2) is 24.3 Å². The van der Waals surface area contributed by atoms with E-state index in [0.717, 1.165) is 25.2 Å². The highest BCUT2D eigenvalue weighted by Gasteiger charge is 2.17. The first-order valence-electron chi connectivity index (χ1n) is 4.99. The smallest absolute Gasteiger partial charge is 0.123 e. The SMILES string of the molecule is N[C@H](CN1CCC1)c1cccc(F)c1. The summed E-state index contributed by atoms with van der Waals surface area (Å²) in [6, 6.07) is 6.49. The number of benzene rings is 1. The van der Waals surface area contributed by atoms with Crippen molar-refractivity contribution in [3.05, 3.63) is 35.6 Å². The second kappa shape index (κ2) is 4.07. The van der Waals surface area contributed by atoms with E-state index >= 15 is 0 Å². The van der Waals surface area contributed by atoms with Crippen LogP contribution < -0.4 is 5.73 Å². The topological polar surface area (TPSA) is 29.3 Å². The second-order valence-electron chi connectivity index (χ2n) is 3.82. The lowest BCUT2D eigenvalue weighted by atomic mass is 10.1. The minimum Gasteiger partial charge on any atom is -0.323 e. The fourth-order valence-electron chi connectivity index (χ4n) is 1.69. The lowest BCUT2D eigenvalue weighted by molar-refractivity contribution is 0.170. The number of hydrogen-bond acceptors (Lipinski definition) is 2. The molecule has 0 spiro atoms. The number of likely N-dealkylation sites (tertiary alicyclic amines) is 1. The zero-order valence-corrected chi connectivity index (χ0v) is 8.12. The predicted molar refractivity (Wildman–Crippen MR) is 54.4 cm³/mol. The normalized spacial score (nSPS) is 19.0. The van der Waals surface area contributed by atoms with Crippen molar-refractivity contribution < 1.29 is 4.39 Å². The summed E-state index contributed by atoms with van der Waals surface area (Å²) in [5.74, 6) is -0.207. The molecule has 0 bridgehead atoms. The van der Waals surface area contributed by atoms with Crippen molar-refractivity contribution in [2.24, 2.45) is 5.73 Å². The van der Waals surface area contributed by atoms with Crippen molar-refractivity contribution in [2.75, 3.05) is 19.6 Å². The van der Waals surface area contributed by atoms with Gasteiger partial charge in [0, 0.05) is 12.6 Å². The van der Waals surface area contributed by atoms with Gasteiger partial charge in [0.1, 0.15) is 5.82 Å². The maximum Gasteiger partial charge on any atom is 0.123 e. The zero-order valence-electron chi connectivity index (χ0n) is 8.12. The third-order valence-electron chi connectivity index (χ3n) is 2.68. The van der Waals surface area contributed by atoms with Crippen molar-refractivity contribution in [3.8, 4) is 0 Å². The zero-order chi connectivity index (χ0) is 9.97. The lowest BCUT2D eigenvalue weighted by Gasteiger charge is -2.33. The van der Waals surface area contributed by atoms with Gasteiger partial charge in [0.2, 0.25) is 0 Å². The first-order chi connectivity index (χ1) is 6.75. The third-order valence-corrected chi connectivity index (χ3v) is 2.68. The van der Waals surface area contributed by atoms with Gasteiger partial charge in [-0.2, -0.15) is 0 Å². The highest BCUT2D eigenvalue weighted by Crippen LogP contribution is 2.16. The molecular weight excluding hydrogens is 179 g/mol. The molecule has 76 valence electrons. The van der Waals surface area contributed by atoms with Gasteiger partial charge in [-0.1, -0.05) is 12.1 Å². The maximum absolute atomic E-state index is 12.9. The molecule has 0 unspecified atom stereocenters. The Balaban J connectivity index is 1.98. The van der Waals surface area contributed by atoms with E-state index in [0.29, 0.717) is 0 Å². The fraction of sp³-hybridized carbons (Fsp3) is 0.455. The van der Waals surface area contributed by atoms with Gasteiger partial charge in [0.05, 0.1) is 0 Å². The molecule has 1 atom stereocenters. The average molecular weight is 194 g/mol. The number of nitrogens with two attached hydrogens (primary N) is 1. The average Bonchev–Trinajstić information content (AvgIpc) is 2.11. The summed E-state index contributed by atoms with van der Waals surface area (Å²) in [5.41, 5.74) is 6.85. The number of rotatable bonds is 3. The number of halogens is 1. The molecule has 1 aromatic rings. The van der Waals surface area contributed by atoms with E-state index < -0.39 is 0 Å². The van der Waals surface area contributed by atoms with Gasteiger partial charge in [0.15, 0.2) is 0 Å². The van der Waals surface area contributed by atoms with Crippen LogP contribution in [0.5, 0.6) is 0 Å². The van der Waals surface area contributed by atoms with Crippen molar-refractivity contribution in [3.63, 3.8) is 0 Å². The van der Waals surface area contributed by atoms with E-state index in [1.54, 1.807) is 6.07 Å². The molecule has 0 aromatic heterocycles. The van der Waals surface area contributed by atoms with E-state index in [9.17, 15) is 4.39 Å². The molecule has 1 saturated heterocycles. The standard InChI is InChI=1S/C11H15FN2/c12-10-4-1-3-9(7-10)11(13)8-14-5-2-6-14/h1,3-4,7,11H,2,5-6,8,13H2/t11-/m1/s1. The van der Waals surface area contributed by atoms with Gasteiger partial charge in [-0.25, -0.2) is 4.39 Å². The summed E-state index contributed by atoms with van der Waals surface area (Å²) in [7, 11) is 0. The molecule has 1 aliphatic rings. The molecule has 1 fully saturated rings. The van der Waals surface area contributed by atoms with Crippen LogP contribution >= 0.6 is 0 Å². The predicted octanol–water partition coefficient (Wildman–Crippen LogP) is 1.53. The van der Waals surface area contributed by atoms with Crippen LogP contribution in [0.25, 0.3) is 0 Å². The number of hydrogen-bond donors (Lipinski definition) is 1. The Morgan fingerprint density at radius 3 is 2.79 bits per heavy atom. The van der Waals surface area contributed by atoms with E-state index in [1.165, 1.54) is 18.6 Å². The molecule has 0 aliphatic carbocycles. The molecule has 3 heteroatoms. The molecule has 1 aromatic carbocycles. The van der Waals surface area contributed by atoms with Crippen LogP contribution in [0.2, 0.25) is 0 Å². The quantitative estimate of drug-likeness (QED) is 0.790. The first kappa shape index (κ1) is 9.62. The van der Waals surface area contributed by atoms with E-state index in [4.69, 9.17) is 5.73 Å². The largest absolute Gasteiger partial charge is 0.323 e. The van der Waals surface area contributed by atoms with Crippen LogP contribution in [-0.4, -0.2) is 24.5 Å². The van der Waals surface area contributed by atoms with Crippen molar-refractivity contribution >= 4 is 0 Å². The highest BCUT2D eigenvalue weighted by molar-refractivity contribution is 5.20. The summed E-state index contributed by atoms with van der Waals surface area (Å²) in [6.07, 6.45) is 1.26. The Bertz CT molecular complexity index is 310. The second-order valence-corrected chi connectivity index (χ2v) is 3.82. The van der Waals surface area contributed by atoms with Crippen molar-refractivity contribution in [1.82, 2.24) is 4.90 Å². The third kappa shape index (κ3) is 2.11. The molecule has 2 nitrogen and oxygen atoms in total. The van der Waals surface area contributed by atoms with E-state index in [2.05, 4.69) is 4.90 Å². The van der Waals surface area contributed by atoms with Gasteiger partial charge in [-0.15, -0.1) is 0 Å². The van der Waals surface area contributed by atoms with Crippen molar-refractivity contribution in [1.29, 1.82) is 0 Å². The Morgan fingerprint density at radius 2 is 2.21 bits per heavy atom. The molecule has 1 heterocycles. The summed E-state index contributed by atoms with van der Waals surface area (Å²) in [5, 5.41) is 0. The lowest BCUT2D eigenvalue weighted by Crippen LogP contribution is -2.41. The van der Waals surface area contributed by atoms with Gasteiger partial charge in [0.25, 0.3) is 0 Å². The molecule has 2 N–H and O–H groups in total. The fourth-order valence-corrected chi connectivity index (χ4v) is 1.69. The minimum atomic E-state index is -0.207. The maximum atomic E-state index is 12.9. The first-order valence-corrected chi connectivity index (χ1v) is 4.99. The molecule has 0 radical (unpaired) electrons. The Labute approximate surface area is 83.5 Å². The molecular formula is C11H15FN2. The van der Waals surface area contributed by atoms with Crippen LogP contribution in [0.4, 0.5) is 4.39 Å². The summed E-state index contributed by atoms with van der Waals surface area (Å²) in [4.78, 5) is 2.29. The molecule has 2 rings (SSSR count). The highest BCUT2D eigenvalue weighted by atomic mass is 19.1.